The third kappa shape index (κ3) is 2.87. The van der Waals surface area contributed by atoms with Gasteiger partial charge in [0.15, 0.2) is 0 Å². The van der Waals surface area contributed by atoms with E-state index in [-0.39, 0.29) is 5.92 Å². The lowest BCUT2D eigenvalue weighted by Crippen LogP contribution is -2.31. The van der Waals surface area contributed by atoms with Gasteiger partial charge in [-0.25, -0.2) is 0 Å². The molecule has 1 N–H and O–H groups in total. The molecule has 0 amide bonds. The maximum Gasteiger partial charge on any atom is 0.0677 e. The molecule has 3 heteroatoms. The molecule has 0 spiro atoms. The van der Waals surface area contributed by atoms with Crippen molar-refractivity contribution < 1.29 is 0 Å². The van der Waals surface area contributed by atoms with Gasteiger partial charge < -0.3 is 5.32 Å². The van der Waals surface area contributed by atoms with Crippen molar-refractivity contribution in [3.8, 4) is 6.07 Å². The van der Waals surface area contributed by atoms with E-state index in [1.165, 1.54) is 28.4 Å². The molecular formula is C15H19BrN2. The minimum Gasteiger partial charge on any atom is -0.381 e. The van der Waals surface area contributed by atoms with E-state index in [9.17, 15) is 5.26 Å². The van der Waals surface area contributed by atoms with Gasteiger partial charge in [0.25, 0.3) is 0 Å². The summed E-state index contributed by atoms with van der Waals surface area (Å²) in [6, 6.07) is 7.06. The van der Waals surface area contributed by atoms with Gasteiger partial charge in [0.1, 0.15) is 0 Å². The zero-order chi connectivity index (χ0) is 13.1. The minimum atomic E-state index is 0.156. The lowest BCUT2D eigenvalue weighted by molar-refractivity contribution is 0.389. The Kier molecular flexibility index (Phi) is 4.29. The first-order valence-electron chi connectivity index (χ1n) is 6.54. The van der Waals surface area contributed by atoms with Gasteiger partial charge in [0.05, 0.1) is 12.0 Å². The van der Waals surface area contributed by atoms with Gasteiger partial charge in [-0.15, -0.1) is 0 Å². The van der Waals surface area contributed by atoms with Crippen molar-refractivity contribution in [1.29, 1.82) is 5.26 Å². The largest absolute Gasteiger partial charge is 0.381 e. The predicted octanol–water partition coefficient (Wildman–Crippen LogP) is 4.56. The molecule has 1 aromatic carbocycles. The van der Waals surface area contributed by atoms with Crippen LogP contribution in [0.5, 0.6) is 0 Å². The van der Waals surface area contributed by atoms with Crippen LogP contribution in [0.4, 0.5) is 5.69 Å². The lowest BCUT2D eigenvalue weighted by Gasteiger charge is -2.28. The van der Waals surface area contributed by atoms with Gasteiger partial charge in [-0.3, -0.25) is 0 Å². The Balaban J connectivity index is 2.16. The number of nitrogens with one attached hydrogen (secondary N) is 1. The first kappa shape index (κ1) is 13.4. The molecule has 1 aromatic rings. The molecule has 1 aliphatic carbocycles. The number of nitrogens with zero attached hydrogens (tertiary/aromatic N) is 1. The average molecular weight is 307 g/mol. The molecule has 2 nitrogen and oxygen atoms in total. The molecule has 0 radical (unpaired) electrons. The molecule has 0 aliphatic heterocycles. The summed E-state index contributed by atoms with van der Waals surface area (Å²) in [6.45, 7) is 4.20. The van der Waals surface area contributed by atoms with Crippen LogP contribution in [0.3, 0.4) is 0 Å². The molecule has 96 valence electrons. The van der Waals surface area contributed by atoms with Crippen molar-refractivity contribution >= 4 is 21.6 Å². The van der Waals surface area contributed by atoms with E-state index < -0.39 is 0 Å². The highest BCUT2D eigenvalue weighted by atomic mass is 79.9. The van der Waals surface area contributed by atoms with Crippen LogP contribution >= 0.6 is 15.9 Å². The second-order valence-electron chi connectivity index (χ2n) is 5.19. The van der Waals surface area contributed by atoms with Gasteiger partial charge in [-0.2, -0.15) is 5.26 Å². The highest BCUT2D eigenvalue weighted by Crippen LogP contribution is 2.29. The molecule has 0 saturated heterocycles. The van der Waals surface area contributed by atoms with E-state index in [0.717, 1.165) is 18.5 Å². The first-order chi connectivity index (χ1) is 8.61. The maximum atomic E-state index is 9.20. The third-order valence-corrected chi connectivity index (χ3v) is 4.97. The summed E-state index contributed by atoms with van der Waals surface area (Å²) in [4.78, 5) is 0. The molecule has 2 rings (SSSR count). The summed E-state index contributed by atoms with van der Waals surface area (Å²) < 4.78 is 1.17. The highest BCUT2D eigenvalue weighted by molar-refractivity contribution is 9.10. The fraction of sp³-hybridized carbons (Fsp3) is 0.533. The molecule has 0 bridgehead atoms. The number of benzene rings is 1. The van der Waals surface area contributed by atoms with Crippen molar-refractivity contribution in [2.45, 2.75) is 45.6 Å². The molecule has 2 atom stereocenters. The van der Waals surface area contributed by atoms with Crippen molar-refractivity contribution in [3.05, 3.63) is 27.7 Å². The number of hydrogen-bond acceptors (Lipinski definition) is 2. The Morgan fingerprint density at radius 3 is 2.44 bits per heavy atom. The lowest BCUT2D eigenvalue weighted by atomic mass is 9.85. The molecule has 1 saturated carbocycles. The summed E-state index contributed by atoms with van der Waals surface area (Å²) in [5.74, 6) is 0.156. The number of anilines is 1. The summed E-state index contributed by atoms with van der Waals surface area (Å²) in [5, 5.41) is 12.7. The van der Waals surface area contributed by atoms with Gasteiger partial charge in [-0.1, -0.05) is 28.8 Å². The summed E-state index contributed by atoms with van der Waals surface area (Å²) in [5.41, 5.74) is 3.61. The Morgan fingerprint density at radius 1 is 1.22 bits per heavy atom. The van der Waals surface area contributed by atoms with E-state index in [1.54, 1.807) is 0 Å². The first-order valence-corrected chi connectivity index (χ1v) is 7.34. The Bertz CT molecular complexity index is 453. The van der Waals surface area contributed by atoms with Crippen molar-refractivity contribution in [3.63, 3.8) is 0 Å². The monoisotopic (exact) mass is 306 g/mol. The fourth-order valence-corrected chi connectivity index (χ4v) is 2.93. The van der Waals surface area contributed by atoms with Crippen molar-refractivity contribution in [1.82, 2.24) is 0 Å². The van der Waals surface area contributed by atoms with E-state index in [2.05, 4.69) is 53.3 Å². The minimum absolute atomic E-state index is 0.156. The molecule has 2 unspecified atom stereocenters. The van der Waals surface area contributed by atoms with Gasteiger partial charge in [0, 0.05) is 16.2 Å². The zero-order valence-corrected chi connectivity index (χ0v) is 12.5. The van der Waals surface area contributed by atoms with Crippen LogP contribution in [0, 0.1) is 31.1 Å². The summed E-state index contributed by atoms with van der Waals surface area (Å²) >= 11 is 3.58. The highest BCUT2D eigenvalue weighted by Gasteiger charge is 2.24. The van der Waals surface area contributed by atoms with E-state index in [4.69, 9.17) is 0 Å². The maximum absolute atomic E-state index is 9.20. The standard InChI is InChI=1S/C15H19BrN2/c1-10-7-13(8-11(2)15(10)16)18-14-6-4-3-5-12(14)9-17/h7-8,12,14,18H,3-6H2,1-2H3. The molecular weight excluding hydrogens is 288 g/mol. The Morgan fingerprint density at radius 2 is 1.83 bits per heavy atom. The SMILES string of the molecule is Cc1cc(NC2CCCCC2C#N)cc(C)c1Br. The number of aryl methyl sites for hydroxylation is 2. The smallest absolute Gasteiger partial charge is 0.0677 e. The summed E-state index contributed by atoms with van der Waals surface area (Å²) in [6.07, 6.45) is 4.55. The van der Waals surface area contributed by atoms with E-state index >= 15 is 0 Å². The summed E-state index contributed by atoms with van der Waals surface area (Å²) in [7, 11) is 0. The third-order valence-electron chi connectivity index (χ3n) is 3.72. The second kappa shape index (κ2) is 5.75. The molecule has 1 aliphatic rings. The van der Waals surface area contributed by atoms with Crippen LogP contribution in [0.15, 0.2) is 16.6 Å². The van der Waals surface area contributed by atoms with Crippen LogP contribution in [-0.2, 0) is 0 Å². The Hall–Kier alpha value is -1.01. The van der Waals surface area contributed by atoms with Crippen LogP contribution in [-0.4, -0.2) is 6.04 Å². The molecule has 1 fully saturated rings. The topological polar surface area (TPSA) is 35.8 Å². The second-order valence-corrected chi connectivity index (χ2v) is 5.99. The van der Waals surface area contributed by atoms with Crippen LogP contribution in [0.2, 0.25) is 0 Å². The van der Waals surface area contributed by atoms with Crippen molar-refractivity contribution in [2.24, 2.45) is 5.92 Å². The van der Waals surface area contributed by atoms with E-state index in [1.807, 2.05) is 0 Å². The van der Waals surface area contributed by atoms with Crippen molar-refractivity contribution in [2.75, 3.05) is 5.32 Å². The van der Waals surface area contributed by atoms with Gasteiger partial charge in [0.2, 0.25) is 0 Å². The average Bonchev–Trinajstić information content (AvgIpc) is 2.36. The molecule has 0 heterocycles. The predicted molar refractivity (Wildman–Crippen MR) is 78.6 cm³/mol. The van der Waals surface area contributed by atoms with Gasteiger partial charge >= 0.3 is 0 Å². The van der Waals surface area contributed by atoms with Crippen LogP contribution < -0.4 is 5.32 Å². The molecule has 0 aromatic heterocycles. The fourth-order valence-electron chi connectivity index (χ4n) is 2.70. The van der Waals surface area contributed by atoms with Crippen LogP contribution in [0.1, 0.15) is 36.8 Å². The number of rotatable bonds is 2. The number of hydrogen-bond donors (Lipinski definition) is 1. The van der Waals surface area contributed by atoms with Gasteiger partial charge in [-0.05, 0) is 49.9 Å². The Labute approximate surface area is 118 Å². The van der Waals surface area contributed by atoms with E-state index in [0.29, 0.717) is 6.04 Å². The van der Waals surface area contributed by atoms with Crippen LogP contribution in [0.25, 0.3) is 0 Å². The number of nitriles is 1. The molecule has 18 heavy (non-hydrogen) atoms. The zero-order valence-electron chi connectivity index (χ0n) is 11.0. The number of halogens is 1. The normalized spacial score (nSPS) is 23.4. The quantitative estimate of drug-likeness (QED) is 0.869.